The Morgan fingerprint density at radius 1 is 1.06 bits per heavy atom. The summed E-state index contributed by atoms with van der Waals surface area (Å²) in [5, 5.41) is 0. The number of hydrogen-bond donors (Lipinski definition) is 1. The van der Waals surface area contributed by atoms with Crippen LogP contribution in [0.4, 0.5) is 5.69 Å². The summed E-state index contributed by atoms with van der Waals surface area (Å²) in [6.07, 6.45) is 0. The van der Waals surface area contributed by atoms with Crippen molar-refractivity contribution in [1.29, 1.82) is 0 Å². The van der Waals surface area contributed by atoms with Gasteiger partial charge >= 0.3 is 0 Å². The van der Waals surface area contributed by atoms with Gasteiger partial charge in [-0.05, 0) is 25.1 Å². The summed E-state index contributed by atoms with van der Waals surface area (Å²) in [7, 11) is 0. The first-order valence-electron chi connectivity index (χ1n) is 5.06. The van der Waals surface area contributed by atoms with E-state index in [-0.39, 0.29) is 5.56 Å². The summed E-state index contributed by atoms with van der Waals surface area (Å²) in [5.41, 5.74) is 2.31. The van der Waals surface area contributed by atoms with Crippen LogP contribution < -0.4 is 5.56 Å². The number of hydrogen-bond acceptors (Lipinski definition) is 2. The topological polar surface area (TPSA) is 45.2 Å². The van der Waals surface area contributed by atoms with Crippen LogP contribution >= 0.6 is 0 Å². The van der Waals surface area contributed by atoms with E-state index >= 15 is 0 Å². The highest BCUT2D eigenvalue weighted by atomic mass is 16.1. The lowest BCUT2D eigenvalue weighted by molar-refractivity contribution is 1.20. The molecule has 0 aliphatic heterocycles. The van der Waals surface area contributed by atoms with E-state index in [9.17, 15) is 4.79 Å². The van der Waals surface area contributed by atoms with Crippen LogP contribution in [-0.4, -0.2) is 10.7 Å². The third kappa shape index (κ3) is 2.45. The second-order valence-electron chi connectivity index (χ2n) is 3.46. The monoisotopic (exact) mass is 212 g/mol. The highest BCUT2D eigenvalue weighted by Crippen LogP contribution is 2.11. The average molecular weight is 212 g/mol. The van der Waals surface area contributed by atoms with E-state index in [0.717, 1.165) is 17.1 Å². The fraction of sp³-hybridized carbons (Fsp3) is 0.0769. The molecule has 0 saturated carbocycles. The van der Waals surface area contributed by atoms with Crippen LogP contribution in [0.5, 0.6) is 0 Å². The van der Waals surface area contributed by atoms with Gasteiger partial charge in [0.25, 0.3) is 0 Å². The van der Waals surface area contributed by atoms with Gasteiger partial charge < -0.3 is 4.98 Å². The van der Waals surface area contributed by atoms with Crippen molar-refractivity contribution in [3.8, 4) is 0 Å². The molecule has 1 N–H and O–H groups in total. The molecule has 1 aromatic heterocycles. The summed E-state index contributed by atoms with van der Waals surface area (Å²) in [5.74, 6) is 0. The average Bonchev–Trinajstić information content (AvgIpc) is 2.30. The predicted molar refractivity (Wildman–Crippen MR) is 65.4 cm³/mol. The molecule has 0 aliphatic carbocycles. The number of aromatic nitrogens is 1. The van der Waals surface area contributed by atoms with E-state index < -0.39 is 0 Å². The zero-order valence-electron chi connectivity index (χ0n) is 8.97. The van der Waals surface area contributed by atoms with Crippen molar-refractivity contribution >= 4 is 11.4 Å². The molecule has 0 atom stereocenters. The van der Waals surface area contributed by atoms with Crippen LogP contribution in [0.25, 0.3) is 0 Å². The molecule has 1 heterocycles. The number of benzene rings is 1. The lowest BCUT2D eigenvalue weighted by atomic mass is 10.2. The van der Waals surface area contributed by atoms with E-state index in [4.69, 9.17) is 0 Å². The van der Waals surface area contributed by atoms with Crippen molar-refractivity contribution in [1.82, 2.24) is 4.98 Å². The minimum Gasteiger partial charge on any atom is -0.321 e. The van der Waals surface area contributed by atoms with Crippen molar-refractivity contribution in [2.24, 2.45) is 4.99 Å². The summed E-state index contributed by atoms with van der Waals surface area (Å²) in [6, 6.07) is 14.7. The van der Waals surface area contributed by atoms with Crippen molar-refractivity contribution in [2.75, 3.05) is 0 Å². The molecule has 0 amide bonds. The summed E-state index contributed by atoms with van der Waals surface area (Å²) in [6.45, 7) is 1.87. The maximum atomic E-state index is 11.1. The Morgan fingerprint density at radius 2 is 1.81 bits per heavy atom. The molecule has 0 aliphatic rings. The van der Waals surface area contributed by atoms with Gasteiger partial charge in [-0.3, -0.25) is 9.79 Å². The molecule has 0 bridgehead atoms. The maximum Gasteiger partial charge on any atom is 0.248 e. The number of rotatable bonds is 2. The lowest BCUT2D eigenvalue weighted by Crippen LogP contribution is -2.09. The van der Waals surface area contributed by atoms with Gasteiger partial charge in [-0.1, -0.05) is 24.3 Å². The van der Waals surface area contributed by atoms with E-state index in [0.29, 0.717) is 0 Å². The number of pyridine rings is 1. The Morgan fingerprint density at radius 3 is 2.50 bits per heavy atom. The van der Waals surface area contributed by atoms with Crippen molar-refractivity contribution in [2.45, 2.75) is 6.92 Å². The predicted octanol–water partition coefficient (Wildman–Crippen LogP) is 2.52. The smallest absolute Gasteiger partial charge is 0.248 e. The Hall–Kier alpha value is -2.16. The van der Waals surface area contributed by atoms with Crippen molar-refractivity contribution in [3.05, 3.63) is 64.6 Å². The maximum absolute atomic E-state index is 11.1. The lowest BCUT2D eigenvalue weighted by Gasteiger charge is -2.00. The highest BCUT2D eigenvalue weighted by molar-refractivity contribution is 5.98. The normalized spacial score (nSPS) is 11.4. The minimum atomic E-state index is -0.111. The van der Waals surface area contributed by atoms with Crippen LogP contribution in [0.1, 0.15) is 12.6 Å². The number of aromatic amines is 1. The van der Waals surface area contributed by atoms with E-state index in [1.807, 2.05) is 43.3 Å². The molecule has 80 valence electrons. The molecule has 3 nitrogen and oxygen atoms in total. The molecule has 2 aromatic rings. The van der Waals surface area contributed by atoms with E-state index in [2.05, 4.69) is 9.98 Å². The molecule has 2 rings (SSSR count). The number of H-pyrrole nitrogens is 1. The van der Waals surface area contributed by atoms with Gasteiger partial charge in [-0.15, -0.1) is 0 Å². The van der Waals surface area contributed by atoms with E-state index in [1.165, 1.54) is 6.07 Å². The zero-order valence-corrected chi connectivity index (χ0v) is 8.97. The van der Waals surface area contributed by atoms with Crippen LogP contribution in [0.2, 0.25) is 0 Å². The van der Waals surface area contributed by atoms with Gasteiger partial charge in [0, 0.05) is 6.07 Å². The molecular weight excluding hydrogens is 200 g/mol. The first-order valence-corrected chi connectivity index (χ1v) is 5.06. The number of aliphatic imine (C=N–C) groups is 1. The van der Waals surface area contributed by atoms with Gasteiger partial charge in [-0.25, -0.2) is 0 Å². The Kier molecular flexibility index (Phi) is 2.96. The van der Waals surface area contributed by atoms with E-state index in [1.54, 1.807) is 6.07 Å². The molecule has 0 unspecified atom stereocenters. The standard InChI is InChI=1S/C13H12N2O/c1-10(12-8-5-9-13(16)15-12)14-11-6-3-2-4-7-11/h2-9H,1H3,(H,15,16). The summed E-state index contributed by atoms with van der Waals surface area (Å²) >= 11 is 0. The Labute approximate surface area is 93.5 Å². The number of para-hydroxylation sites is 1. The summed E-state index contributed by atoms with van der Waals surface area (Å²) < 4.78 is 0. The largest absolute Gasteiger partial charge is 0.321 e. The first kappa shape index (κ1) is 10.4. The van der Waals surface area contributed by atoms with Crippen LogP contribution in [-0.2, 0) is 0 Å². The van der Waals surface area contributed by atoms with Crippen LogP contribution in [0.3, 0.4) is 0 Å². The van der Waals surface area contributed by atoms with Gasteiger partial charge in [-0.2, -0.15) is 0 Å². The molecule has 3 heteroatoms. The number of nitrogens with zero attached hydrogens (tertiary/aromatic N) is 1. The first-order chi connectivity index (χ1) is 7.75. The molecule has 16 heavy (non-hydrogen) atoms. The quantitative estimate of drug-likeness (QED) is 0.764. The molecule has 0 fully saturated rings. The molecule has 1 aromatic carbocycles. The third-order valence-corrected chi connectivity index (χ3v) is 2.21. The minimum absolute atomic E-state index is 0.111. The van der Waals surface area contributed by atoms with Crippen LogP contribution in [0, 0.1) is 0 Å². The summed E-state index contributed by atoms with van der Waals surface area (Å²) in [4.78, 5) is 18.3. The molecular formula is C13H12N2O. The van der Waals surface area contributed by atoms with Gasteiger partial charge in [0.05, 0.1) is 17.1 Å². The molecule has 0 spiro atoms. The van der Waals surface area contributed by atoms with Gasteiger partial charge in [0.2, 0.25) is 5.56 Å². The zero-order chi connectivity index (χ0) is 11.4. The SMILES string of the molecule is CC(=Nc1ccccc1)c1cccc(=O)[nH]1. The van der Waals surface area contributed by atoms with Crippen molar-refractivity contribution in [3.63, 3.8) is 0 Å². The van der Waals surface area contributed by atoms with Crippen molar-refractivity contribution < 1.29 is 0 Å². The fourth-order valence-corrected chi connectivity index (χ4v) is 1.42. The Bertz CT molecular complexity index is 555. The molecule has 0 saturated heterocycles. The fourth-order valence-electron chi connectivity index (χ4n) is 1.42. The Balaban J connectivity index is 2.36. The second kappa shape index (κ2) is 4.57. The molecule has 0 radical (unpaired) electrons. The third-order valence-electron chi connectivity index (χ3n) is 2.21. The van der Waals surface area contributed by atoms with Gasteiger partial charge in [0.1, 0.15) is 0 Å². The highest BCUT2D eigenvalue weighted by Gasteiger charge is 1.97. The number of nitrogens with one attached hydrogen (secondary N) is 1. The van der Waals surface area contributed by atoms with Crippen LogP contribution in [0.15, 0.2) is 58.3 Å². The van der Waals surface area contributed by atoms with Gasteiger partial charge in [0.15, 0.2) is 0 Å². The second-order valence-corrected chi connectivity index (χ2v) is 3.46.